The van der Waals surface area contributed by atoms with Gasteiger partial charge in [-0.2, -0.15) is 0 Å². The molecule has 1 N–H and O–H groups in total. The smallest absolute Gasteiger partial charge is 0.0887 e. The maximum absolute atomic E-state index is 10.7. The van der Waals surface area contributed by atoms with E-state index < -0.39 is 6.10 Å². The first-order valence-electron chi connectivity index (χ1n) is 6.96. The largest absolute Gasteiger partial charge is 0.389 e. The highest BCUT2D eigenvalue weighted by atomic mass is 79.9. The Morgan fingerprint density at radius 1 is 1.42 bits per heavy atom. The van der Waals surface area contributed by atoms with Crippen LogP contribution in [0.3, 0.4) is 0 Å². The maximum atomic E-state index is 10.7. The first kappa shape index (κ1) is 16.0. The van der Waals surface area contributed by atoms with Crippen LogP contribution < -0.4 is 0 Å². The monoisotopic (exact) mass is 394 g/mol. The summed E-state index contributed by atoms with van der Waals surface area (Å²) in [5.74, 6) is 0.108. The average molecular weight is 396 g/mol. The van der Waals surface area contributed by atoms with E-state index in [2.05, 4.69) is 59.6 Å². The zero-order valence-corrected chi connectivity index (χ0v) is 15.3. The lowest BCUT2D eigenvalue weighted by Crippen LogP contribution is -2.57. The average Bonchev–Trinajstić information content (AvgIpc) is 2.40. The van der Waals surface area contributed by atoms with Crippen molar-refractivity contribution in [2.75, 3.05) is 5.33 Å². The number of fused-ring (bicyclic) bond motifs is 1. The lowest BCUT2D eigenvalue weighted by atomic mass is 9.59. The van der Waals surface area contributed by atoms with Gasteiger partial charge in [0, 0.05) is 16.1 Å². The molecule has 0 aromatic heterocycles. The summed E-state index contributed by atoms with van der Waals surface area (Å²) in [4.78, 5) is 0.422. The summed E-state index contributed by atoms with van der Waals surface area (Å²) < 4.78 is 6.42. The standard InChI is InChI=1S/C15H24Br2O2/c1-9-7-10(18)13-14(2,3)12(17)5-6-15(13,4)19-11(9)8-16/h7,10-13,18H,5-6,8H2,1-4H3/t10-,11+,12+,13+,15+/m1/s1. The predicted octanol–water partition coefficient (Wildman–Crippen LogP) is 4.05. The van der Waals surface area contributed by atoms with Crippen molar-refractivity contribution in [3.8, 4) is 0 Å². The van der Waals surface area contributed by atoms with E-state index in [0.717, 1.165) is 23.7 Å². The summed E-state index contributed by atoms with van der Waals surface area (Å²) in [6.45, 7) is 8.69. The third-order valence-electron chi connectivity index (χ3n) is 5.00. The van der Waals surface area contributed by atoms with E-state index in [0.29, 0.717) is 4.83 Å². The summed E-state index contributed by atoms with van der Waals surface area (Å²) in [6, 6.07) is 0. The second-order valence-electron chi connectivity index (χ2n) is 6.78. The van der Waals surface area contributed by atoms with Gasteiger partial charge in [0.15, 0.2) is 0 Å². The molecule has 0 amide bonds. The molecule has 0 radical (unpaired) electrons. The van der Waals surface area contributed by atoms with E-state index in [1.165, 1.54) is 0 Å². The summed E-state index contributed by atoms with van der Waals surface area (Å²) in [6.07, 6.45) is 3.69. The third-order valence-corrected chi connectivity index (χ3v) is 7.22. The lowest BCUT2D eigenvalue weighted by Gasteiger charge is -2.54. The van der Waals surface area contributed by atoms with Crippen molar-refractivity contribution in [3.63, 3.8) is 0 Å². The van der Waals surface area contributed by atoms with Crippen LogP contribution in [-0.2, 0) is 4.74 Å². The Bertz CT molecular complexity index is 380. The summed E-state index contributed by atoms with van der Waals surface area (Å²) in [5.41, 5.74) is 0.867. The summed E-state index contributed by atoms with van der Waals surface area (Å²) in [5, 5.41) is 11.5. The van der Waals surface area contributed by atoms with Gasteiger partial charge in [0.25, 0.3) is 0 Å². The molecule has 1 heterocycles. The molecule has 1 saturated carbocycles. The summed E-state index contributed by atoms with van der Waals surface area (Å²) >= 11 is 7.33. The molecule has 2 nitrogen and oxygen atoms in total. The molecule has 2 rings (SSSR count). The first-order valence-corrected chi connectivity index (χ1v) is 9.00. The van der Waals surface area contributed by atoms with Crippen molar-refractivity contribution in [2.24, 2.45) is 11.3 Å². The maximum Gasteiger partial charge on any atom is 0.0887 e. The van der Waals surface area contributed by atoms with E-state index in [1.54, 1.807) is 0 Å². The molecule has 0 aromatic rings. The Balaban J connectivity index is 2.44. The molecule has 2 aliphatic rings. The van der Waals surface area contributed by atoms with Gasteiger partial charge in [0.1, 0.15) is 0 Å². The number of aliphatic hydroxyl groups is 1. The minimum absolute atomic E-state index is 0.00436. The summed E-state index contributed by atoms with van der Waals surface area (Å²) in [7, 11) is 0. The van der Waals surface area contributed by atoms with Crippen LogP contribution >= 0.6 is 31.9 Å². The van der Waals surface area contributed by atoms with Gasteiger partial charge in [0.05, 0.1) is 17.8 Å². The van der Waals surface area contributed by atoms with Gasteiger partial charge in [-0.15, -0.1) is 0 Å². The molecule has 0 bridgehead atoms. The van der Waals surface area contributed by atoms with E-state index in [4.69, 9.17) is 4.74 Å². The quantitative estimate of drug-likeness (QED) is 0.536. The zero-order chi connectivity index (χ0) is 14.4. The number of rotatable bonds is 1. The van der Waals surface area contributed by atoms with Crippen LogP contribution in [0.15, 0.2) is 11.6 Å². The highest BCUT2D eigenvalue weighted by molar-refractivity contribution is 9.09. The molecule has 0 saturated heterocycles. The zero-order valence-electron chi connectivity index (χ0n) is 12.1. The van der Waals surface area contributed by atoms with Gasteiger partial charge >= 0.3 is 0 Å². The fourth-order valence-corrected chi connectivity index (χ4v) is 5.06. The van der Waals surface area contributed by atoms with E-state index in [-0.39, 0.29) is 23.0 Å². The van der Waals surface area contributed by atoms with Gasteiger partial charge in [-0.05, 0) is 37.7 Å². The Hall–Kier alpha value is 0.620. The Morgan fingerprint density at radius 2 is 2.05 bits per heavy atom. The number of hydrogen-bond acceptors (Lipinski definition) is 2. The van der Waals surface area contributed by atoms with Gasteiger partial charge < -0.3 is 9.84 Å². The van der Waals surface area contributed by atoms with Gasteiger partial charge in [-0.25, -0.2) is 0 Å². The predicted molar refractivity (Wildman–Crippen MR) is 86.1 cm³/mol. The fraction of sp³-hybridized carbons (Fsp3) is 0.867. The van der Waals surface area contributed by atoms with Crippen LogP contribution in [0, 0.1) is 11.3 Å². The minimum Gasteiger partial charge on any atom is -0.389 e. The van der Waals surface area contributed by atoms with Crippen molar-refractivity contribution in [1.29, 1.82) is 0 Å². The molecule has 1 aliphatic heterocycles. The normalized spacial score (nSPS) is 46.2. The molecule has 0 aromatic carbocycles. The van der Waals surface area contributed by atoms with Crippen molar-refractivity contribution in [2.45, 2.75) is 63.2 Å². The molecule has 19 heavy (non-hydrogen) atoms. The lowest BCUT2D eigenvalue weighted by molar-refractivity contribution is -0.166. The highest BCUT2D eigenvalue weighted by Gasteiger charge is 2.55. The molecular weight excluding hydrogens is 372 g/mol. The van der Waals surface area contributed by atoms with Gasteiger partial charge in [-0.3, -0.25) is 0 Å². The van der Waals surface area contributed by atoms with Crippen molar-refractivity contribution in [1.82, 2.24) is 0 Å². The SMILES string of the molecule is CC1=C[C@@H](O)[C@H]2C(C)(C)[C@@H](Br)CC[C@]2(C)O[C@H]1CBr. The molecule has 110 valence electrons. The molecule has 1 aliphatic carbocycles. The Labute approximate surface area is 133 Å². The van der Waals surface area contributed by atoms with Gasteiger partial charge in [0.2, 0.25) is 0 Å². The number of ether oxygens (including phenoxy) is 1. The van der Waals surface area contributed by atoms with Crippen molar-refractivity contribution < 1.29 is 9.84 Å². The van der Waals surface area contributed by atoms with Crippen LogP contribution in [0.5, 0.6) is 0 Å². The Kier molecular flexibility index (Phi) is 4.57. The van der Waals surface area contributed by atoms with Crippen molar-refractivity contribution in [3.05, 3.63) is 11.6 Å². The van der Waals surface area contributed by atoms with Crippen LogP contribution in [-0.4, -0.2) is 33.1 Å². The second kappa shape index (κ2) is 5.43. The van der Waals surface area contributed by atoms with E-state index in [1.807, 2.05) is 6.08 Å². The molecule has 4 heteroatoms. The number of hydrogen-bond donors (Lipinski definition) is 1. The Morgan fingerprint density at radius 3 is 2.63 bits per heavy atom. The highest BCUT2D eigenvalue weighted by Crippen LogP contribution is 2.54. The molecule has 1 fully saturated rings. The van der Waals surface area contributed by atoms with E-state index in [9.17, 15) is 5.11 Å². The van der Waals surface area contributed by atoms with Crippen LogP contribution in [0.2, 0.25) is 0 Å². The molecular formula is C15H24Br2O2. The first-order chi connectivity index (χ1) is 8.72. The van der Waals surface area contributed by atoms with Crippen LogP contribution in [0.25, 0.3) is 0 Å². The second-order valence-corrected chi connectivity index (χ2v) is 8.53. The molecule has 0 spiro atoms. The molecule has 0 unspecified atom stereocenters. The molecule has 5 atom stereocenters. The number of alkyl halides is 2. The number of aliphatic hydroxyl groups excluding tert-OH is 1. The van der Waals surface area contributed by atoms with Crippen LogP contribution in [0.1, 0.15) is 40.5 Å². The van der Waals surface area contributed by atoms with E-state index >= 15 is 0 Å². The van der Waals surface area contributed by atoms with Crippen molar-refractivity contribution >= 4 is 31.9 Å². The van der Waals surface area contributed by atoms with Crippen LogP contribution in [0.4, 0.5) is 0 Å². The minimum atomic E-state index is -0.440. The number of halogens is 2. The third kappa shape index (κ3) is 2.70. The topological polar surface area (TPSA) is 29.5 Å². The fourth-order valence-electron chi connectivity index (χ4n) is 3.90. The van der Waals surface area contributed by atoms with Gasteiger partial charge in [-0.1, -0.05) is 51.8 Å².